The lowest BCUT2D eigenvalue weighted by Crippen LogP contribution is -2.23. The molecule has 1 aromatic rings. The number of amides is 1. The highest BCUT2D eigenvalue weighted by Gasteiger charge is 2.21. The molecule has 3 nitrogen and oxygen atoms in total. The van der Waals surface area contributed by atoms with Gasteiger partial charge >= 0.3 is 0 Å². The first-order valence-corrected chi connectivity index (χ1v) is 5.39. The van der Waals surface area contributed by atoms with Crippen molar-refractivity contribution in [3.63, 3.8) is 0 Å². The van der Waals surface area contributed by atoms with E-state index in [2.05, 4.69) is 11.2 Å². The number of carbonyl (C=O) groups is 1. The smallest absolute Gasteiger partial charge is 0.227 e. The summed E-state index contributed by atoms with van der Waals surface area (Å²) in [5.74, 6) is 2.73. The first kappa shape index (κ1) is 10.6. The van der Waals surface area contributed by atoms with Crippen molar-refractivity contribution in [3.8, 4) is 12.3 Å². The number of nitrogens with one attached hydrogen (secondary N) is 1. The molecule has 1 aromatic carbocycles. The Labute approximate surface area is 95.5 Å². The summed E-state index contributed by atoms with van der Waals surface area (Å²) in [5.41, 5.74) is 1.90. The Kier molecular flexibility index (Phi) is 3.11. The lowest BCUT2D eigenvalue weighted by Gasteiger charge is -2.16. The van der Waals surface area contributed by atoms with Crippen molar-refractivity contribution in [2.24, 2.45) is 0 Å². The van der Waals surface area contributed by atoms with Crippen molar-refractivity contribution < 1.29 is 4.79 Å². The molecular formula is C13H14N2O. The van der Waals surface area contributed by atoms with Crippen LogP contribution in [-0.4, -0.2) is 19.0 Å². The zero-order chi connectivity index (χ0) is 11.4. The third-order valence-corrected chi connectivity index (χ3v) is 2.63. The highest BCUT2D eigenvalue weighted by atomic mass is 16.2. The third kappa shape index (κ3) is 2.17. The molecular weight excluding hydrogens is 200 g/mol. The van der Waals surface area contributed by atoms with Gasteiger partial charge in [-0.1, -0.05) is 12.0 Å². The summed E-state index contributed by atoms with van der Waals surface area (Å²) < 4.78 is 0. The summed E-state index contributed by atoms with van der Waals surface area (Å²) in [6.07, 6.45) is 6.78. The van der Waals surface area contributed by atoms with Crippen LogP contribution in [0.5, 0.6) is 0 Å². The Bertz CT molecular complexity index is 434. The number of rotatable bonds is 3. The summed E-state index contributed by atoms with van der Waals surface area (Å²) in [6.45, 7) is 1.31. The van der Waals surface area contributed by atoms with Crippen LogP contribution in [0.3, 0.4) is 0 Å². The van der Waals surface area contributed by atoms with Crippen LogP contribution in [0.2, 0.25) is 0 Å². The fourth-order valence-electron chi connectivity index (χ4n) is 1.86. The average Bonchev–Trinajstić information content (AvgIpc) is 2.73. The molecule has 0 bridgehead atoms. The maximum atomic E-state index is 11.6. The van der Waals surface area contributed by atoms with E-state index in [9.17, 15) is 4.79 Å². The van der Waals surface area contributed by atoms with Crippen LogP contribution in [0, 0.1) is 12.3 Å². The number of hydrogen-bond acceptors (Lipinski definition) is 2. The van der Waals surface area contributed by atoms with Crippen molar-refractivity contribution in [2.45, 2.75) is 12.8 Å². The predicted molar refractivity (Wildman–Crippen MR) is 65.4 cm³/mol. The molecule has 0 atom stereocenters. The summed E-state index contributed by atoms with van der Waals surface area (Å²) in [7, 11) is 0. The topological polar surface area (TPSA) is 32.3 Å². The largest absolute Gasteiger partial charge is 0.374 e. The molecule has 0 unspecified atom stereocenters. The van der Waals surface area contributed by atoms with Crippen molar-refractivity contribution in [2.75, 3.05) is 23.3 Å². The minimum atomic E-state index is 0.203. The predicted octanol–water partition coefficient (Wildman–Crippen LogP) is 1.86. The van der Waals surface area contributed by atoms with E-state index in [1.165, 1.54) is 0 Å². The standard InChI is InChI=1S/C13H14N2O/c1-2-8-14-11-5-3-6-12(10-11)15-9-4-7-13(15)16/h1,3,5-6,10,14H,4,7-9H2. The zero-order valence-electron chi connectivity index (χ0n) is 9.07. The van der Waals surface area contributed by atoms with Crippen molar-refractivity contribution in [1.82, 2.24) is 0 Å². The Morgan fingerprint density at radius 1 is 1.50 bits per heavy atom. The Balaban J connectivity index is 2.15. The summed E-state index contributed by atoms with van der Waals surface area (Å²) in [5, 5.41) is 3.10. The molecule has 0 aromatic heterocycles. The molecule has 0 saturated carbocycles. The van der Waals surface area contributed by atoms with Gasteiger partial charge in [-0.15, -0.1) is 6.42 Å². The van der Waals surface area contributed by atoms with Crippen molar-refractivity contribution in [1.29, 1.82) is 0 Å². The second-order valence-corrected chi connectivity index (χ2v) is 3.76. The molecule has 1 amide bonds. The third-order valence-electron chi connectivity index (χ3n) is 2.63. The highest BCUT2D eigenvalue weighted by molar-refractivity contribution is 5.95. The van der Waals surface area contributed by atoms with Gasteiger partial charge in [-0.25, -0.2) is 0 Å². The number of terminal acetylenes is 1. The molecule has 16 heavy (non-hydrogen) atoms. The van der Waals surface area contributed by atoms with Crippen LogP contribution in [0.4, 0.5) is 11.4 Å². The van der Waals surface area contributed by atoms with Crippen LogP contribution in [0.25, 0.3) is 0 Å². The SMILES string of the molecule is C#CCNc1cccc(N2CCCC2=O)c1. The van der Waals surface area contributed by atoms with Gasteiger partial charge < -0.3 is 10.2 Å². The van der Waals surface area contributed by atoms with Crippen LogP contribution in [0.1, 0.15) is 12.8 Å². The van der Waals surface area contributed by atoms with Gasteiger partial charge in [0, 0.05) is 24.3 Å². The minimum Gasteiger partial charge on any atom is -0.374 e. The number of anilines is 2. The van der Waals surface area contributed by atoms with Gasteiger partial charge in [0.25, 0.3) is 0 Å². The fourth-order valence-corrected chi connectivity index (χ4v) is 1.86. The van der Waals surface area contributed by atoms with Crippen LogP contribution < -0.4 is 10.2 Å². The van der Waals surface area contributed by atoms with E-state index in [0.717, 1.165) is 24.3 Å². The zero-order valence-corrected chi connectivity index (χ0v) is 9.07. The second-order valence-electron chi connectivity index (χ2n) is 3.76. The van der Waals surface area contributed by atoms with E-state index in [1.807, 2.05) is 29.2 Å². The van der Waals surface area contributed by atoms with E-state index in [0.29, 0.717) is 13.0 Å². The van der Waals surface area contributed by atoms with Gasteiger partial charge in [-0.3, -0.25) is 4.79 Å². The molecule has 1 fully saturated rings. The van der Waals surface area contributed by atoms with Crippen LogP contribution in [0.15, 0.2) is 24.3 Å². The van der Waals surface area contributed by atoms with Crippen LogP contribution in [-0.2, 0) is 4.79 Å². The van der Waals surface area contributed by atoms with E-state index in [4.69, 9.17) is 6.42 Å². The Morgan fingerprint density at radius 2 is 2.38 bits per heavy atom. The van der Waals surface area contributed by atoms with E-state index < -0.39 is 0 Å². The molecule has 1 aliphatic rings. The maximum absolute atomic E-state index is 11.6. The number of carbonyl (C=O) groups excluding carboxylic acids is 1. The summed E-state index contributed by atoms with van der Waals surface area (Å²) in [4.78, 5) is 13.4. The normalized spacial score (nSPS) is 14.9. The van der Waals surface area contributed by atoms with Crippen LogP contribution >= 0.6 is 0 Å². The highest BCUT2D eigenvalue weighted by Crippen LogP contribution is 2.23. The molecule has 0 spiro atoms. The number of nitrogens with zero attached hydrogens (tertiary/aromatic N) is 1. The van der Waals surface area contributed by atoms with Gasteiger partial charge in [-0.2, -0.15) is 0 Å². The molecule has 3 heteroatoms. The van der Waals surface area contributed by atoms with Gasteiger partial charge in [-0.05, 0) is 24.6 Å². The monoisotopic (exact) mass is 214 g/mol. The number of hydrogen-bond donors (Lipinski definition) is 1. The van der Waals surface area contributed by atoms with E-state index in [1.54, 1.807) is 0 Å². The molecule has 2 rings (SSSR count). The lowest BCUT2D eigenvalue weighted by atomic mass is 10.2. The van der Waals surface area contributed by atoms with Gasteiger partial charge in [0.1, 0.15) is 0 Å². The molecule has 0 aliphatic carbocycles. The molecule has 1 N–H and O–H groups in total. The first-order chi connectivity index (χ1) is 7.81. The van der Waals surface area contributed by atoms with Gasteiger partial charge in [0.15, 0.2) is 0 Å². The molecule has 0 radical (unpaired) electrons. The average molecular weight is 214 g/mol. The maximum Gasteiger partial charge on any atom is 0.227 e. The second kappa shape index (κ2) is 4.71. The Hall–Kier alpha value is -1.95. The minimum absolute atomic E-state index is 0.203. The van der Waals surface area contributed by atoms with Crippen molar-refractivity contribution >= 4 is 17.3 Å². The fraction of sp³-hybridized carbons (Fsp3) is 0.308. The summed E-state index contributed by atoms with van der Waals surface area (Å²) >= 11 is 0. The van der Waals surface area contributed by atoms with E-state index in [-0.39, 0.29) is 5.91 Å². The molecule has 1 saturated heterocycles. The first-order valence-electron chi connectivity index (χ1n) is 5.39. The van der Waals surface area contributed by atoms with E-state index >= 15 is 0 Å². The quantitative estimate of drug-likeness (QED) is 0.779. The van der Waals surface area contributed by atoms with Gasteiger partial charge in [0.2, 0.25) is 5.91 Å². The molecule has 82 valence electrons. The number of benzene rings is 1. The molecule has 1 aliphatic heterocycles. The van der Waals surface area contributed by atoms with Gasteiger partial charge in [0.05, 0.1) is 6.54 Å². The molecule has 1 heterocycles. The van der Waals surface area contributed by atoms with Crippen molar-refractivity contribution in [3.05, 3.63) is 24.3 Å². The Morgan fingerprint density at radius 3 is 3.06 bits per heavy atom. The lowest BCUT2D eigenvalue weighted by molar-refractivity contribution is -0.117. The summed E-state index contributed by atoms with van der Waals surface area (Å²) in [6, 6.07) is 7.78.